The third-order valence-electron chi connectivity index (χ3n) is 5.32. The molecule has 1 aliphatic heterocycles. The van der Waals surface area contributed by atoms with Crippen LogP contribution in [0.25, 0.3) is 0 Å². The van der Waals surface area contributed by atoms with Gasteiger partial charge in [-0.2, -0.15) is 0 Å². The Morgan fingerprint density at radius 2 is 2.00 bits per heavy atom. The van der Waals surface area contributed by atoms with Crippen molar-refractivity contribution in [2.24, 2.45) is 5.92 Å². The molecule has 132 valence electrons. The van der Waals surface area contributed by atoms with Crippen LogP contribution in [0.5, 0.6) is 0 Å². The molecule has 1 aromatic heterocycles. The predicted molar refractivity (Wildman–Crippen MR) is 89.3 cm³/mol. The van der Waals surface area contributed by atoms with Crippen LogP contribution < -0.4 is 0 Å². The van der Waals surface area contributed by atoms with E-state index in [-0.39, 0.29) is 11.8 Å². The molecule has 0 bridgehead atoms. The number of likely N-dealkylation sites (N-methyl/N-ethyl adjacent to an activating group) is 1. The standard InChI is InChI=1S/C17H27N5O2/c1-3-20-9-10-22(13(2)16(20)23)17(24)15-12-21(19-18-15)11-14-7-5-4-6-8-14/h12-14H,3-11H2,1-2H3/t13-/m0/s1. The maximum atomic E-state index is 12.7. The lowest BCUT2D eigenvalue weighted by molar-refractivity contribution is -0.139. The van der Waals surface area contributed by atoms with Crippen LogP contribution in [0.3, 0.4) is 0 Å². The summed E-state index contributed by atoms with van der Waals surface area (Å²) in [5.74, 6) is 0.449. The zero-order valence-electron chi connectivity index (χ0n) is 14.6. The normalized spacial score (nSPS) is 22.9. The van der Waals surface area contributed by atoms with E-state index in [4.69, 9.17) is 0 Å². The van der Waals surface area contributed by atoms with Crippen molar-refractivity contribution in [3.63, 3.8) is 0 Å². The Morgan fingerprint density at radius 1 is 1.25 bits per heavy atom. The lowest BCUT2D eigenvalue weighted by atomic mass is 9.89. The molecule has 1 saturated heterocycles. The highest BCUT2D eigenvalue weighted by molar-refractivity contribution is 5.96. The van der Waals surface area contributed by atoms with Gasteiger partial charge in [0.25, 0.3) is 5.91 Å². The summed E-state index contributed by atoms with van der Waals surface area (Å²) in [6.45, 7) is 6.39. The molecule has 0 aromatic carbocycles. The van der Waals surface area contributed by atoms with Crippen LogP contribution in [0, 0.1) is 5.92 Å². The third kappa shape index (κ3) is 3.44. The SMILES string of the molecule is CCN1CCN(C(=O)c2cn(CC3CCCCC3)nn2)[C@@H](C)C1=O. The fourth-order valence-corrected chi connectivity index (χ4v) is 3.79. The van der Waals surface area contributed by atoms with Crippen molar-refractivity contribution in [3.8, 4) is 0 Å². The average Bonchev–Trinajstić information content (AvgIpc) is 3.06. The molecular formula is C17H27N5O2. The summed E-state index contributed by atoms with van der Waals surface area (Å²) in [5, 5.41) is 8.18. The minimum atomic E-state index is -0.435. The molecule has 1 aromatic rings. The van der Waals surface area contributed by atoms with Gasteiger partial charge in [-0.25, -0.2) is 0 Å². The molecule has 2 amide bonds. The van der Waals surface area contributed by atoms with Gasteiger partial charge in [0.15, 0.2) is 5.69 Å². The van der Waals surface area contributed by atoms with Gasteiger partial charge in [0, 0.05) is 26.2 Å². The van der Waals surface area contributed by atoms with Crippen LogP contribution >= 0.6 is 0 Å². The monoisotopic (exact) mass is 333 g/mol. The molecule has 0 unspecified atom stereocenters. The van der Waals surface area contributed by atoms with E-state index >= 15 is 0 Å². The molecule has 1 aliphatic carbocycles. The zero-order chi connectivity index (χ0) is 17.1. The fourth-order valence-electron chi connectivity index (χ4n) is 3.79. The van der Waals surface area contributed by atoms with Gasteiger partial charge in [-0.15, -0.1) is 5.10 Å². The molecule has 7 heteroatoms. The van der Waals surface area contributed by atoms with Gasteiger partial charge in [-0.05, 0) is 32.6 Å². The first-order valence-corrected chi connectivity index (χ1v) is 9.10. The summed E-state index contributed by atoms with van der Waals surface area (Å²) in [5.41, 5.74) is 0.343. The Morgan fingerprint density at radius 3 is 2.71 bits per heavy atom. The van der Waals surface area contributed by atoms with Gasteiger partial charge < -0.3 is 9.80 Å². The molecule has 0 N–H and O–H groups in total. The topological polar surface area (TPSA) is 71.3 Å². The molecule has 24 heavy (non-hydrogen) atoms. The van der Waals surface area contributed by atoms with E-state index in [2.05, 4.69) is 10.3 Å². The molecule has 2 heterocycles. The third-order valence-corrected chi connectivity index (χ3v) is 5.32. The summed E-state index contributed by atoms with van der Waals surface area (Å²) in [4.78, 5) is 28.4. The van der Waals surface area contributed by atoms with Crippen LogP contribution in [0.15, 0.2) is 6.20 Å². The smallest absolute Gasteiger partial charge is 0.276 e. The minimum absolute atomic E-state index is 0.00620. The number of rotatable bonds is 4. The highest BCUT2D eigenvalue weighted by Gasteiger charge is 2.35. The molecule has 0 radical (unpaired) electrons. The molecule has 7 nitrogen and oxygen atoms in total. The minimum Gasteiger partial charge on any atom is -0.339 e. The lowest BCUT2D eigenvalue weighted by Crippen LogP contribution is -2.57. The van der Waals surface area contributed by atoms with Gasteiger partial charge in [0.1, 0.15) is 6.04 Å². The number of hydrogen-bond acceptors (Lipinski definition) is 4. The Kier molecular flexibility index (Phi) is 5.16. The van der Waals surface area contributed by atoms with Gasteiger partial charge in [0.05, 0.1) is 6.20 Å². The molecule has 0 spiro atoms. The van der Waals surface area contributed by atoms with Gasteiger partial charge in [0.2, 0.25) is 5.91 Å². The fraction of sp³-hybridized carbons (Fsp3) is 0.765. The van der Waals surface area contributed by atoms with Crippen LogP contribution in [-0.2, 0) is 11.3 Å². The quantitative estimate of drug-likeness (QED) is 0.838. The maximum absolute atomic E-state index is 12.7. The number of amides is 2. The highest BCUT2D eigenvalue weighted by Crippen LogP contribution is 2.24. The van der Waals surface area contributed by atoms with E-state index in [0.717, 1.165) is 6.54 Å². The first kappa shape index (κ1) is 16.9. The zero-order valence-corrected chi connectivity index (χ0v) is 14.6. The number of piperazine rings is 1. The number of hydrogen-bond donors (Lipinski definition) is 0. The van der Waals surface area contributed by atoms with E-state index in [9.17, 15) is 9.59 Å². The van der Waals surface area contributed by atoms with E-state index in [0.29, 0.717) is 31.2 Å². The molecule has 2 aliphatic rings. The van der Waals surface area contributed by atoms with Gasteiger partial charge in [-0.3, -0.25) is 14.3 Å². The molecule has 3 rings (SSSR count). The Labute approximate surface area is 143 Å². The molecule has 1 saturated carbocycles. The summed E-state index contributed by atoms with van der Waals surface area (Å²) < 4.78 is 1.79. The largest absolute Gasteiger partial charge is 0.339 e. The van der Waals surface area contributed by atoms with Crippen molar-refractivity contribution in [3.05, 3.63) is 11.9 Å². The number of aromatic nitrogens is 3. The van der Waals surface area contributed by atoms with Crippen molar-refractivity contribution in [1.29, 1.82) is 0 Å². The summed E-state index contributed by atoms with van der Waals surface area (Å²) in [7, 11) is 0. The van der Waals surface area contributed by atoms with Crippen LogP contribution in [0.1, 0.15) is 56.4 Å². The molecule has 2 fully saturated rings. The first-order chi connectivity index (χ1) is 11.6. The summed E-state index contributed by atoms with van der Waals surface area (Å²) in [6, 6.07) is -0.435. The summed E-state index contributed by atoms with van der Waals surface area (Å²) >= 11 is 0. The highest BCUT2D eigenvalue weighted by atomic mass is 16.2. The van der Waals surface area contributed by atoms with Crippen molar-refractivity contribution < 1.29 is 9.59 Å². The maximum Gasteiger partial charge on any atom is 0.276 e. The predicted octanol–water partition coefficient (Wildman–Crippen LogP) is 1.55. The van der Waals surface area contributed by atoms with Crippen molar-refractivity contribution in [2.75, 3.05) is 19.6 Å². The van der Waals surface area contributed by atoms with E-state index < -0.39 is 6.04 Å². The van der Waals surface area contributed by atoms with Gasteiger partial charge >= 0.3 is 0 Å². The van der Waals surface area contributed by atoms with Crippen LogP contribution in [-0.4, -0.2) is 62.3 Å². The van der Waals surface area contributed by atoms with E-state index in [1.807, 2.05) is 6.92 Å². The van der Waals surface area contributed by atoms with E-state index in [1.54, 1.807) is 27.6 Å². The second-order valence-corrected chi connectivity index (χ2v) is 6.92. The average molecular weight is 333 g/mol. The second-order valence-electron chi connectivity index (χ2n) is 6.92. The lowest BCUT2D eigenvalue weighted by Gasteiger charge is -2.38. The Hall–Kier alpha value is -1.92. The molecule has 1 atom stereocenters. The number of carbonyl (C=O) groups excluding carboxylic acids is 2. The van der Waals surface area contributed by atoms with E-state index in [1.165, 1.54) is 32.1 Å². The van der Waals surface area contributed by atoms with Crippen molar-refractivity contribution in [2.45, 2.75) is 58.5 Å². The Balaban J connectivity index is 1.64. The first-order valence-electron chi connectivity index (χ1n) is 9.10. The Bertz CT molecular complexity index is 594. The van der Waals surface area contributed by atoms with Crippen molar-refractivity contribution in [1.82, 2.24) is 24.8 Å². The number of nitrogens with zero attached hydrogens (tertiary/aromatic N) is 5. The van der Waals surface area contributed by atoms with Crippen molar-refractivity contribution >= 4 is 11.8 Å². The van der Waals surface area contributed by atoms with Gasteiger partial charge in [-0.1, -0.05) is 24.5 Å². The van der Waals surface area contributed by atoms with Crippen LogP contribution in [0.2, 0.25) is 0 Å². The molecular weight excluding hydrogens is 306 g/mol. The summed E-state index contributed by atoms with van der Waals surface area (Å²) in [6.07, 6.45) is 8.09. The number of carbonyl (C=O) groups is 2. The van der Waals surface area contributed by atoms with Crippen LogP contribution in [0.4, 0.5) is 0 Å². The second kappa shape index (κ2) is 7.32.